The highest BCUT2D eigenvalue weighted by molar-refractivity contribution is 7.91. The van der Waals surface area contributed by atoms with Crippen molar-refractivity contribution in [3.63, 3.8) is 0 Å². The van der Waals surface area contributed by atoms with Crippen LogP contribution in [0.5, 0.6) is 5.75 Å². The summed E-state index contributed by atoms with van der Waals surface area (Å²) in [5.41, 5.74) is 2.04. The van der Waals surface area contributed by atoms with Crippen molar-refractivity contribution in [1.29, 1.82) is 5.26 Å². The molecule has 5 rings (SSSR count). The second-order valence-corrected chi connectivity index (χ2v) is 11.4. The van der Waals surface area contributed by atoms with Gasteiger partial charge in [0, 0.05) is 19.8 Å². The van der Waals surface area contributed by atoms with Gasteiger partial charge < -0.3 is 19.7 Å². The van der Waals surface area contributed by atoms with E-state index in [-0.39, 0.29) is 17.7 Å². The van der Waals surface area contributed by atoms with Gasteiger partial charge in [-0.1, -0.05) is 0 Å². The van der Waals surface area contributed by atoms with E-state index in [1.165, 1.54) is 6.26 Å². The molecule has 34 heavy (non-hydrogen) atoms. The monoisotopic (exact) mass is 483 g/mol. The summed E-state index contributed by atoms with van der Waals surface area (Å²) in [6.07, 6.45) is 1.19. The van der Waals surface area contributed by atoms with E-state index in [0.717, 1.165) is 0 Å². The first-order valence-corrected chi connectivity index (χ1v) is 12.7. The van der Waals surface area contributed by atoms with Crippen molar-refractivity contribution in [3.8, 4) is 17.8 Å². The molecule has 0 aliphatic carbocycles. The Kier molecular flexibility index (Phi) is 5.14. The van der Waals surface area contributed by atoms with Crippen LogP contribution in [0.3, 0.4) is 0 Å². The molecule has 4 heterocycles. The van der Waals surface area contributed by atoms with Gasteiger partial charge in [-0.25, -0.2) is 23.0 Å². The van der Waals surface area contributed by atoms with Crippen molar-refractivity contribution in [3.05, 3.63) is 29.5 Å². The molecule has 178 valence electrons. The van der Waals surface area contributed by atoms with Gasteiger partial charge in [0.05, 0.1) is 41.9 Å². The van der Waals surface area contributed by atoms with Crippen LogP contribution < -0.4 is 15.0 Å². The van der Waals surface area contributed by atoms with E-state index in [2.05, 4.69) is 21.3 Å². The lowest BCUT2D eigenvalue weighted by molar-refractivity contribution is 0.0691. The second-order valence-electron chi connectivity index (χ2n) is 8.88. The number of hydrogen-bond donors (Lipinski definition) is 1. The summed E-state index contributed by atoms with van der Waals surface area (Å²) >= 11 is 0. The van der Waals surface area contributed by atoms with Crippen LogP contribution >= 0.6 is 0 Å². The summed E-state index contributed by atoms with van der Waals surface area (Å²) in [5.74, 6) is 1.63. The zero-order valence-electron chi connectivity index (χ0n) is 19.4. The van der Waals surface area contributed by atoms with Crippen molar-refractivity contribution < 1.29 is 17.9 Å². The van der Waals surface area contributed by atoms with Gasteiger partial charge in [-0.05, 0) is 32.0 Å². The summed E-state index contributed by atoms with van der Waals surface area (Å²) < 4.78 is 37.7. The van der Waals surface area contributed by atoms with Crippen molar-refractivity contribution >= 4 is 32.6 Å². The van der Waals surface area contributed by atoms with Gasteiger partial charge in [-0.3, -0.25) is 0 Å². The summed E-state index contributed by atoms with van der Waals surface area (Å²) in [6, 6.07) is 7.25. The predicted octanol–water partition coefficient (Wildman–Crippen LogP) is 1.61. The Morgan fingerprint density at radius 2 is 2.03 bits per heavy atom. The minimum Gasteiger partial charge on any atom is -0.486 e. The zero-order chi connectivity index (χ0) is 24.3. The summed E-state index contributed by atoms with van der Waals surface area (Å²) in [5, 5.41) is 12.3. The van der Waals surface area contributed by atoms with E-state index in [1.54, 1.807) is 43.7 Å². The van der Waals surface area contributed by atoms with E-state index < -0.39 is 14.6 Å². The van der Waals surface area contributed by atoms with Crippen LogP contribution in [-0.4, -0.2) is 73.6 Å². The summed E-state index contributed by atoms with van der Waals surface area (Å²) in [7, 11) is -1.84. The van der Waals surface area contributed by atoms with Gasteiger partial charge in [0.15, 0.2) is 21.4 Å². The Labute approximate surface area is 197 Å². The van der Waals surface area contributed by atoms with E-state index >= 15 is 0 Å². The smallest absolute Gasteiger partial charge is 0.239 e. The Bertz CT molecular complexity index is 1440. The van der Waals surface area contributed by atoms with Crippen molar-refractivity contribution in [2.45, 2.75) is 24.6 Å². The number of nitriles is 1. The normalized spacial score (nSPS) is 18.1. The first-order chi connectivity index (χ1) is 16.2. The van der Waals surface area contributed by atoms with E-state index in [0.29, 0.717) is 60.5 Å². The van der Waals surface area contributed by atoms with E-state index in [4.69, 9.17) is 19.4 Å². The second kappa shape index (κ2) is 7.82. The molecular weight excluding hydrogens is 458 g/mol. The van der Waals surface area contributed by atoms with E-state index in [9.17, 15) is 13.7 Å². The molecule has 1 atom stereocenters. The van der Waals surface area contributed by atoms with Crippen molar-refractivity contribution in [2.75, 3.05) is 49.9 Å². The first kappa shape index (κ1) is 22.4. The molecule has 2 aromatic heterocycles. The highest BCUT2D eigenvalue weighted by Crippen LogP contribution is 2.43. The number of hydrogen-bond acceptors (Lipinski definition) is 10. The first-order valence-electron chi connectivity index (χ1n) is 10.9. The number of sulfone groups is 1. The van der Waals surface area contributed by atoms with E-state index in [1.807, 2.05) is 0 Å². The summed E-state index contributed by atoms with van der Waals surface area (Å²) in [4.78, 5) is 16.3. The largest absolute Gasteiger partial charge is 0.486 e. The Balaban J connectivity index is 1.81. The fourth-order valence-electron chi connectivity index (χ4n) is 4.21. The topological polar surface area (TPSA) is 135 Å². The minimum atomic E-state index is -3.56. The average molecular weight is 484 g/mol. The number of nitrogens with zero attached hydrogens (tertiary/aromatic N) is 6. The van der Waals surface area contributed by atoms with Crippen LogP contribution in [0.2, 0.25) is 0 Å². The van der Waals surface area contributed by atoms with Gasteiger partial charge >= 0.3 is 0 Å². The molecule has 11 nitrogen and oxygen atoms in total. The third-order valence-corrected chi connectivity index (χ3v) is 8.51. The molecule has 1 fully saturated rings. The Morgan fingerprint density at radius 3 is 2.74 bits per heavy atom. The number of benzene rings is 1. The van der Waals surface area contributed by atoms with Crippen LogP contribution in [0.4, 0.5) is 11.8 Å². The summed E-state index contributed by atoms with van der Waals surface area (Å²) in [6.45, 7) is 5.23. The fourth-order valence-corrected chi connectivity index (χ4v) is 4.70. The molecule has 2 aliphatic heterocycles. The van der Waals surface area contributed by atoms with Crippen molar-refractivity contribution in [1.82, 2.24) is 19.5 Å². The molecule has 0 spiro atoms. The number of morpholine rings is 1. The third kappa shape index (κ3) is 3.35. The predicted molar refractivity (Wildman–Crippen MR) is 126 cm³/mol. The Morgan fingerprint density at radius 1 is 1.24 bits per heavy atom. The molecule has 1 aromatic carbocycles. The standard InChI is InChI=1S/C22H25N7O4S/c1-22(2,34(4,30)31)18-17-19(28-7-8-32-11-14(28)12-33-17)27-21(26-18)29-16-6-5-13(10-23)9-15(16)25-20(29)24-3/h5-6,9,14H,7-8,11-12H2,1-4H3,(H,24,25). The number of rotatable bonds is 4. The molecule has 1 N–H and O–H groups in total. The number of nitrogens with one attached hydrogen (secondary N) is 1. The molecule has 0 radical (unpaired) electrons. The maximum atomic E-state index is 12.8. The van der Waals surface area contributed by atoms with Crippen LogP contribution in [0.25, 0.3) is 17.0 Å². The number of ether oxygens (including phenoxy) is 2. The number of fused-ring (bicyclic) bond motifs is 4. The maximum Gasteiger partial charge on any atom is 0.239 e. The molecule has 0 bridgehead atoms. The molecule has 1 unspecified atom stereocenters. The zero-order valence-corrected chi connectivity index (χ0v) is 20.2. The van der Waals surface area contributed by atoms with Crippen LogP contribution in [0, 0.1) is 11.3 Å². The molecule has 12 heteroatoms. The van der Waals surface area contributed by atoms with Crippen LogP contribution in [-0.2, 0) is 19.3 Å². The maximum absolute atomic E-state index is 12.8. The minimum absolute atomic E-state index is 0.0281. The molecule has 2 aliphatic rings. The number of imidazole rings is 1. The highest BCUT2D eigenvalue weighted by Gasteiger charge is 2.42. The molecule has 3 aromatic rings. The quantitative estimate of drug-likeness (QED) is 0.583. The van der Waals surface area contributed by atoms with Crippen molar-refractivity contribution in [2.24, 2.45) is 0 Å². The van der Waals surface area contributed by atoms with Gasteiger partial charge in [-0.15, -0.1) is 0 Å². The molecule has 1 saturated heterocycles. The van der Waals surface area contributed by atoms with Gasteiger partial charge in [0.2, 0.25) is 11.9 Å². The Hall–Kier alpha value is -3.43. The molecular formula is C22H25N7O4S. The molecule has 0 saturated carbocycles. The lowest BCUT2D eigenvalue weighted by atomic mass is 10.1. The number of anilines is 2. The molecule has 0 amide bonds. The highest BCUT2D eigenvalue weighted by atomic mass is 32.2. The third-order valence-electron chi connectivity index (χ3n) is 6.46. The van der Waals surface area contributed by atoms with Crippen LogP contribution in [0.1, 0.15) is 25.1 Å². The van der Waals surface area contributed by atoms with Gasteiger partial charge in [0.25, 0.3) is 0 Å². The fraction of sp³-hybridized carbons (Fsp3) is 0.455. The SMILES string of the molecule is CNc1nc2cc(C#N)ccc2n1-c1nc2c(c(C(C)(C)S(C)(=O)=O)n1)OCC1COCCN21. The lowest BCUT2D eigenvalue weighted by Crippen LogP contribution is -2.52. The lowest BCUT2D eigenvalue weighted by Gasteiger charge is -2.41. The van der Waals surface area contributed by atoms with Gasteiger partial charge in [0.1, 0.15) is 17.0 Å². The average Bonchev–Trinajstić information content (AvgIpc) is 3.20. The van der Waals surface area contributed by atoms with Crippen LogP contribution in [0.15, 0.2) is 18.2 Å². The number of aromatic nitrogens is 4. The van der Waals surface area contributed by atoms with Gasteiger partial charge in [-0.2, -0.15) is 10.2 Å².